The van der Waals surface area contributed by atoms with Crippen molar-refractivity contribution in [3.63, 3.8) is 0 Å². The Morgan fingerprint density at radius 3 is 2.09 bits per heavy atom. The van der Waals surface area contributed by atoms with Gasteiger partial charge in [-0.2, -0.15) is 5.10 Å². The summed E-state index contributed by atoms with van der Waals surface area (Å²) in [5.41, 5.74) is 4.22. The monoisotopic (exact) mass is 457 g/mol. The molecule has 170 valence electrons. The van der Waals surface area contributed by atoms with Crippen LogP contribution in [0.2, 0.25) is 0 Å². The smallest absolute Gasteiger partial charge is 0.287 e. The topological polar surface area (TPSA) is 107 Å². The molecule has 0 unspecified atom stereocenters. The molecule has 2 heterocycles. The number of hydrogen-bond donors (Lipinski definition) is 2. The number of ether oxygens (including phenoxy) is 4. The molecule has 0 saturated heterocycles. The molecule has 0 fully saturated rings. The van der Waals surface area contributed by atoms with E-state index in [2.05, 4.69) is 15.8 Å². The van der Waals surface area contributed by atoms with Crippen molar-refractivity contribution in [3.8, 4) is 23.0 Å². The van der Waals surface area contributed by atoms with E-state index in [4.69, 9.17) is 18.9 Å². The van der Waals surface area contributed by atoms with Gasteiger partial charge in [0.15, 0.2) is 23.0 Å². The van der Waals surface area contributed by atoms with E-state index >= 15 is 0 Å². The van der Waals surface area contributed by atoms with Crippen LogP contribution in [0.15, 0.2) is 77.5 Å². The van der Waals surface area contributed by atoms with E-state index in [-0.39, 0.29) is 19.3 Å². The summed E-state index contributed by atoms with van der Waals surface area (Å²) < 4.78 is 21.3. The fourth-order valence-corrected chi connectivity index (χ4v) is 3.33. The SMILES string of the molecule is O=C(N/N=C\c1ccc2c(c1)OCO2)/C(=C/c1ccc2c(c1)OCO2)NC(=O)c1ccccc1. The number of carbonyl (C=O) groups is 2. The first-order chi connectivity index (χ1) is 16.7. The van der Waals surface area contributed by atoms with Gasteiger partial charge in [-0.15, -0.1) is 0 Å². The standard InChI is InChI=1S/C25H19N3O6/c29-24(18-4-2-1-3-5-18)27-19(10-16-6-8-20-22(11-16)33-14-31-20)25(30)28-26-13-17-7-9-21-23(12-17)34-15-32-21/h1-13H,14-15H2,(H,27,29)(H,28,30)/b19-10-,26-13-. The average Bonchev–Trinajstić information content (AvgIpc) is 3.52. The van der Waals surface area contributed by atoms with Crippen molar-refractivity contribution < 1.29 is 28.5 Å². The quantitative estimate of drug-likeness (QED) is 0.335. The van der Waals surface area contributed by atoms with Crippen molar-refractivity contribution in [2.24, 2.45) is 5.10 Å². The summed E-state index contributed by atoms with van der Waals surface area (Å²) >= 11 is 0. The Labute approximate surface area is 194 Å². The Bertz CT molecular complexity index is 1300. The first-order valence-corrected chi connectivity index (χ1v) is 10.4. The number of carbonyl (C=O) groups excluding carboxylic acids is 2. The molecule has 3 aromatic carbocycles. The third kappa shape index (κ3) is 4.68. The Hall–Kier alpha value is -4.79. The summed E-state index contributed by atoms with van der Waals surface area (Å²) in [6, 6.07) is 19.1. The van der Waals surface area contributed by atoms with Crippen LogP contribution < -0.4 is 29.7 Å². The second kappa shape index (κ2) is 9.37. The Morgan fingerprint density at radius 2 is 1.38 bits per heavy atom. The van der Waals surface area contributed by atoms with Crippen LogP contribution in [0, 0.1) is 0 Å². The lowest BCUT2D eigenvalue weighted by molar-refractivity contribution is -0.117. The van der Waals surface area contributed by atoms with Gasteiger partial charge in [-0.1, -0.05) is 24.3 Å². The summed E-state index contributed by atoms with van der Waals surface area (Å²) in [6.07, 6.45) is 3.01. The van der Waals surface area contributed by atoms with Crippen molar-refractivity contribution in [1.29, 1.82) is 0 Å². The van der Waals surface area contributed by atoms with Gasteiger partial charge in [0.1, 0.15) is 5.70 Å². The highest BCUT2D eigenvalue weighted by atomic mass is 16.7. The molecule has 2 amide bonds. The number of benzene rings is 3. The lowest BCUT2D eigenvalue weighted by Gasteiger charge is -2.09. The number of nitrogens with zero attached hydrogens (tertiary/aromatic N) is 1. The summed E-state index contributed by atoms with van der Waals surface area (Å²) in [5, 5.41) is 6.67. The van der Waals surface area contributed by atoms with Gasteiger partial charge in [0, 0.05) is 5.56 Å². The van der Waals surface area contributed by atoms with Crippen LogP contribution in [-0.2, 0) is 4.79 Å². The molecule has 0 bridgehead atoms. The zero-order valence-corrected chi connectivity index (χ0v) is 17.8. The van der Waals surface area contributed by atoms with E-state index in [1.807, 2.05) is 0 Å². The van der Waals surface area contributed by atoms with E-state index < -0.39 is 11.8 Å². The molecule has 34 heavy (non-hydrogen) atoms. The van der Waals surface area contributed by atoms with Crippen LogP contribution in [0.4, 0.5) is 0 Å². The van der Waals surface area contributed by atoms with Gasteiger partial charge < -0.3 is 24.3 Å². The molecule has 9 heteroatoms. The van der Waals surface area contributed by atoms with E-state index in [1.54, 1.807) is 66.7 Å². The second-order valence-corrected chi connectivity index (χ2v) is 7.30. The maximum Gasteiger partial charge on any atom is 0.287 e. The molecule has 0 aliphatic carbocycles. The van der Waals surface area contributed by atoms with Gasteiger partial charge in [-0.3, -0.25) is 9.59 Å². The molecule has 3 aromatic rings. The molecule has 0 saturated carbocycles. The van der Waals surface area contributed by atoms with Gasteiger partial charge in [0.25, 0.3) is 11.8 Å². The van der Waals surface area contributed by atoms with Gasteiger partial charge >= 0.3 is 0 Å². The molecule has 0 spiro atoms. The molecule has 2 aliphatic rings. The minimum absolute atomic E-state index is 0.00977. The van der Waals surface area contributed by atoms with Crippen LogP contribution >= 0.6 is 0 Å². The number of fused-ring (bicyclic) bond motifs is 2. The van der Waals surface area contributed by atoms with Crippen molar-refractivity contribution >= 4 is 24.1 Å². The van der Waals surface area contributed by atoms with E-state index in [0.717, 1.165) is 0 Å². The Morgan fingerprint density at radius 1 is 0.765 bits per heavy atom. The fourth-order valence-electron chi connectivity index (χ4n) is 3.33. The fraction of sp³-hybridized carbons (Fsp3) is 0.0800. The highest BCUT2D eigenvalue weighted by molar-refractivity contribution is 6.05. The van der Waals surface area contributed by atoms with E-state index in [9.17, 15) is 9.59 Å². The molecule has 5 rings (SSSR count). The number of rotatable bonds is 6. The van der Waals surface area contributed by atoms with Gasteiger partial charge in [-0.25, -0.2) is 5.43 Å². The van der Waals surface area contributed by atoms with Crippen LogP contribution in [0.25, 0.3) is 6.08 Å². The number of amides is 2. The summed E-state index contributed by atoms with van der Waals surface area (Å²) in [5.74, 6) is 1.41. The number of nitrogens with one attached hydrogen (secondary N) is 2. The summed E-state index contributed by atoms with van der Waals surface area (Å²) in [4.78, 5) is 25.6. The molecule has 0 radical (unpaired) electrons. The van der Waals surface area contributed by atoms with Crippen molar-refractivity contribution in [1.82, 2.24) is 10.7 Å². The summed E-state index contributed by atoms with van der Waals surface area (Å²) in [6.45, 7) is 0.303. The Kier molecular flexibility index (Phi) is 5.81. The normalized spacial score (nSPS) is 13.7. The predicted molar refractivity (Wildman–Crippen MR) is 123 cm³/mol. The molecular weight excluding hydrogens is 438 g/mol. The predicted octanol–water partition coefficient (Wildman–Crippen LogP) is 3.07. The van der Waals surface area contributed by atoms with Crippen LogP contribution in [0.3, 0.4) is 0 Å². The molecule has 0 aromatic heterocycles. The highest BCUT2D eigenvalue weighted by Crippen LogP contribution is 2.33. The molecular formula is C25H19N3O6. The molecule has 2 aliphatic heterocycles. The highest BCUT2D eigenvalue weighted by Gasteiger charge is 2.17. The maximum absolute atomic E-state index is 12.9. The van der Waals surface area contributed by atoms with Crippen molar-refractivity contribution in [2.45, 2.75) is 0 Å². The third-order valence-electron chi connectivity index (χ3n) is 5.01. The van der Waals surface area contributed by atoms with E-state index in [1.165, 1.54) is 12.3 Å². The average molecular weight is 457 g/mol. The van der Waals surface area contributed by atoms with Crippen LogP contribution in [0.5, 0.6) is 23.0 Å². The summed E-state index contributed by atoms with van der Waals surface area (Å²) in [7, 11) is 0. The van der Waals surface area contributed by atoms with E-state index in [0.29, 0.717) is 39.7 Å². The third-order valence-corrected chi connectivity index (χ3v) is 5.01. The Balaban J connectivity index is 1.35. The molecule has 0 atom stereocenters. The first kappa shape index (κ1) is 21.1. The molecule has 2 N–H and O–H groups in total. The number of hydrogen-bond acceptors (Lipinski definition) is 7. The van der Waals surface area contributed by atoms with Gasteiger partial charge in [0.2, 0.25) is 13.6 Å². The van der Waals surface area contributed by atoms with Crippen LogP contribution in [-0.4, -0.2) is 31.6 Å². The maximum atomic E-state index is 12.9. The zero-order valence-electron chi connectivity index (χ0n) is 17.8. The largest absolute Gasteiger partial charge is 0.454 e. The number of hydrazone groups is 1. The van der Waals surface area contributed by atoms with Crippen molar-refractivity contribution in [2.75, 3.05) is 13.6 Å². The zero-order chi connectivity index (χ0) is 23.3. The minimum Gasteiger partial charge on any atom is -0.454 e. The van der Waals surface area contributed by atoms with Gasteiger partial charge in [0.05, 0.1) is 6.21 Å². The lowest BCUT2D eigenvalue weighted by Crippen LogP contribution is -2.32. The molecule has 9 nitrogen and oxygen atoms in total. The minimum atomic E-state index is -0.598. The second-order valence-electron chi connectivity index (χ2n) is 7.30. The van der Waals surface area contributed by atoms with Crippen molar-refractivity contribution in [3.05, 3.63) is 89.1 Å². The van der Waals surface area contributed by atoms with Gasteiger partial charge in [-0.05, 0) is 59.7 Å². The first-order valence-electron chi connectivity index (χ1n) is 10.4. The lowest BCUT2D eigenvalue weighted by atomic mass is 10.1. The van der Waals surface area contributed by atoms with Crippen LogP contribution in [0.1, 0.15) is 21.5 Å².